The number of halogens is 2. The minimum Gasteiger partial charge on any atom is -0.462 e. The number of hydrogen-bond acceptors (Lipinski definition) is 4. The number of benzene rings is 2. The Balaban J connectivity index is 0.00000210. The average molecular weight is 439 g/mol. The molecule has 0 spiro atoms. The highest BCUT2D eigenvalue weighted by atomic mass is 35.5. The molecule has 0 N–H and O–H groups in total. The molecule has 3 rings (SSSR count). The summed E-state index contributed by atoms with van der Waals surface area (Å²) in [6.07, 6.45) is 2.15. The highest BCUT2D eigenvalue weighted by molar-refractivity contribution is 5.89. The quantitative estimate of drug-likeness (QED) is 0.580. The average Bonchev–Trinajstić information content (AvgIpc) is 2.73. The first kappa shape index (κ1) is 25.4. The van der Waals surface area contributed by atoms with Crippen LogP contribution >= 0.6 is 24.8 Å². The Bertz CT molecular complexity index is 703. The number of nitrogens with zero attached hydrogens (tertiary/aromatic N) is 2. The molecule has 1 saturated heterocycles. The van der Waals surface area contributed by atoms with Crippen molar-refractivity contribution < 1.29 is 9.53 Å². The molecule has 2 aromatic carbocycles. The third-order valence-electron chi connectivity index (χ3n) is 5.21. The normalized spacial score (nSPS) is 14.5. The topological polar surface area (TPSA) is 32.8 Å². The number of esters is 1. The molecule has 0 bridgehead atoms. The minimum absolute atomic E-state index is 0. The summed E-state index contributed by atoms with van der Waals surface area (Å²) in [5, 5.41) is 0. The Morgan fingerprint density at radius 1 is 0.793 bits per heavy atom. The molecule has 4 nitrogen and oxygen atoms in total. The predicted octanol–water partition coefficient (Wildman–Crippen LogP) is 4.11. The molecule has 160 valence electrons. The van der Waals surface area contributed by atoms with Gasteiger partial charge >= 0.3 is 5.97 Å². The summed E-state index contributed by atoms with van der Waals surface area (Å²) < 4.78 is 5.03. The predicted molar refractivity (Wildman–Crippen MR) is 124 cm³/mol. The number of carbonyl (C=O) groups is 1. The first-order valence-electron chi connectivity index (χ1n) is 9.99. The molecule has 1 heterocycles. The second-order valence-electron chi connectivity index (χ2n) is 7.09. The van der Waals surface area contributed by atoms with Gasteiger partial charge in [-0.3, -0.25) is 0 Å². The Morgan fingerprint density at radius 2 is 1.28 bits per heavy atom. The molecule has 1 fully saturated rings. The summed E-state index contributed by atoms with van der Waals surface area (Å²) >= 11 is 0. The van der Waals surface area contributed by atoms with Gasteiger partial charge in [0.1, 0.15) is 0 Å². The SMILES string of the molecule is CCOC(=O)c1ccc(CCN2CCN(CCc3ccccc3)CC2)cc1.Cl.Cl. The second-order valence-corrected chi connectivity index (χ2v) is 7.09. The van der Waals surface area contributed by atoms with Gasteiger partial charge in [-0.1, -0.05) is 42.5 Å². The lowest BCUT2D eigenvalue weighted by Gasteiger charge is -2.34. The van der Waals surface area contributed by atoms with Gasteiger partial charge in [-0.2, -0.15) is 0 Å². The number of hydrogen-bond donors (Lipinski definition) is 0. The van der Waals surface area contributed by atoms with Crippen LogP contribution in [0.5, 0.6) is 0 Å². The van der Waals surface area contributed by atoms with Crippen LogP contribution in [-0.4, -0.2) is 61.6 Å². The van der Waals surface area contributed by atoms with Crippen LogP contribution in [0.1, 0.15) is 28.4 Å². The van der Waals surface area contributed by atoms with Crippen molar-refractivity contribution in [3.63, 3.8) is 0 Å². The van der Waals surface area contributed by atoms with Crippen LogP contribution in [0, 0.1) is 0 Å². The van der Waals surface area contributed by atoms with E-state index < -0.39 is 0 Å². The number of carbonyl (C=O) groups excluding carboxylic acids is 1. The molecule has 0 aromatic heterocycles. The van der Waals surface area contributed by atoms with Crippen molar-refractivity contribution in [2.75, 3.05) is 45.9 Å². The van der Waals surface area contributed by atoms with E-state index in [2.05, 4.69) is 40.1 Å². The van der Waals surface area contributed by atoms with Gasteiger partial charge in [-0.25, -0.2) is 4.79 Å². The van der Waals surface area contributed by atoms with Gasteiger partial charge in [-0.15, -0.1) is 24.8 Å². The summed E-state index contributed by atoms with van der Waals surface area (Å²) in [6.45, 7) is 9.03. The van der Waals surface area contributed by atoms with E-state index >= 15 is 0 Å². The second kappa shape index (κ2) is 13.6. The van der Waals surface area contributed by atoms with Gasteiger partial charge in [0.15, 0.2) is 0 Å². The van der Waals surface area contributed by atoms with Crippen LogP contribution in [0.2, 0.25) is 0 Å². The zero-order chi connectivity index (χ0) is 18.9. The van der Waals surface area contributed by atoms with E-state index in [1.54, 1.807) is 0 Å². The van der Waals surface area contributed by atoms with E-state index in [1.807, 2.05) is 31.2 Å². The fourth-order valence-electron chi connectivity index (χ4n) is 3.48. The summed E-state index contributed by atoms with van der Waals surface area (Å²) in [5.74, 6) is -0.240. The van der Waals surface area contributed by atoms with E-state index in [0.29, 0.717) is 12.2 Å². The van der Waals surface area contributed by atoms with Crippen molar-refractivity contribution in [3.8, 4) is 0 Å². The van der Waals surface area contributed by atoms with Crippen molar-refractivity contribution in [3.05, 3.63) is 71.3 Å². The molecule has 1 aliphatic heterocycles. The smallest absolute Gasteiger partial charge is 0.338 e. The number of rotatable bonds is 8. The van der Waals surface area contributed by atoms with Crippen molar-refractivity contribution in [1.29, 1.82) is 0 Å². The molecular weight excluding hydrogens is 407 g/mol. The fourth-order valence-corrected chi connectivity index (χ4v) is 3.48. The van der Waals surface area contributed by atoms with E-state index in [9.17, 15) is 4.79 Å². The first-order valence-corrected chi connectivity index (χ1v) is 9.99. The molecule has 0 radical (unpaired) electrons. The standard InChI is InChI=1S/C23H30N2O2.2ClH/c1-2-27-23(26)22-10-8-21(9-11-22)13-15-25-18-16-24(17-19-25)14-12-20-6-4-3-5-7-20;;/h3-11H,2,12-19H2,1H3;2*1H. The van der Waals surface area contributed by atoms with E-state index in [4.69, 9.17) is 4.74 Å². The van der Waals surface area contributed by atoms with Crippen LogP contribution < -0.4 is 0 Å². The lowest BCUT2D eigenvalue weighted by Crippen LogP contribution is -2.47. The largest absolute Gasteiger partial charge is 0.462 e. The summed E-state index contributed by atoms with van der Waals surface area (Å²) in [7, 11) is 0. The van der Waals surface area contributed by atoms with Gasteiger partial charge in [0.25, 0.3) is 0 Å². The van der Waals surface area contributed by atoms with Crippen molar-refractivity contribution >= 4 is 30.8 Å². The van der Waals surface area contributed by atoms with E-state index in [1.165, 1.54) is 11.1 Å². The van der Waals surface area contributed by atoms with Gasteiger partial charge in [0.05, 0.1) is 12.2 Å². The molecule has 0 aliphatic carbocycles. The highest BCUT2D eigenvalue weighted by Crippen LogP contribution is 2.10. The first-order chi connectivity index (χ1) is 13.2. The zero-order valence-electron chi connectivity index (χ0n) is 17.1. The molecule has 0 unspecified atom stereocenters. The van der Waals surface area contributed by atoms with Gasteiger partial charge in [0.2, 0.25) is 0 Å². The Labute approximate surface area is 187 Å². The molecule has 2 aromatic rings. The molecule has 0 saturated carbocycles. The Kier molecular flexibility index (Phi) is 11.9. The molecule has 0 atom stereocenters. The lowest BCUT2D eigenvalue weighted by molar-refractivity contribution is 0.0526. The molecule has 1 aliphatic rings. The maximum absolute atomic E-state index is 11.7. The van der Waals surface area contributed by atoms with Crippen LogP contribution in [0.3, 0.4) is 0 Å². The zero-order valence-corrected chi connectivity index (χ0v) is 18.7. The van der Waals surface area contributed by atoms with Crippen molar-refractivity contribution in [2.24, 2.45) is 0 Å². The summed E-state index contributed by atoms with van der Waals surface area (Å²) in [4.78, 5) is 16.8. The third-order valence-corrected chi connectivity index (χ3v) is 5.21. The third kappa shape index (κ3) is 8.35. The van der Waals surface area contributed by atoms with Crippen LogP contribution in [-0.2, 0) is 17.6 Å². The van der Waals surface area contributed by atoms with Gasteiger partial charge < -0.3 is 14.5 Å². The molecular formula is C23H32Cl2N2O2. The Hall–Kier alpha value is -1.59. The summed E-state index contributed by atoms with van der Waals surface area (Å²) in [5.41, 5.74) is 3.33. The number of piperazine rings is 1. The maximum Gasteiger partial charge on any atom is 0.338 e. The van der Waals surface area contributed by atoms with Gasteiger partial charge in [-0.05, 0) is 43.0 Å². The van der Waals surface area contributed by atoms with Crippen LogP contribution in [0.15, 0.2) is 54.6 Å². The molecule has 6 heteroatoms. The highest BCUT2D eigenvalue weighted by Gasteiger charge is 2.16. The van der Waals surface area contributed by atoms with Crippen molar-refractivity contribution in [1.82, 2.24) is 9.80 Å². The fraction of sp³-hybridized carbons (Fsp3) is 0.435. The molecule has 29 heavy (non-hydrogen) atoms. The monoisotopic (exact) mass is 438 g/mol. The summed E-state index contributed by atoms with van der Waals surface area (Å²) in [6, 6.07) is 18.6. The van der Waals surface area contributed by atoms with E-state index in [-0.39, 0.29) is 30.8 Å². The lowest BCUT2D eigenvalue weighted by atomic mass is 10.1. The van der Waals surface area contributed by atoms with E-state index in [0.717, 1.165) is 52.1 Å². The molecule has 0 amide bonds. The van der Waals surface area contributed by atoms with Crippen LogP contribution in [0.4, 0.5) is 0 Å². The van der Waals surface area contributed by atoms with Crippen molar-refractivity contribution in [2.45, 2.75) is 19.8 Å². The maximum atomic E-state index is 11.7. The number of ether oxygens (including phenoxy) is 1. The van der Waals surface area contributed by atoms with Crippen LogP contribution in [0.25, 0.3) is 0 Å². The minimum atomic E-state index is -0.240. The Morgan fingerprint density at radius 3 is 1.76 bits per heavy atom. The van der Waals surface area contributed by atoms with Gasteiger partial charge in [0, 0.05) is 39.3 Å².